The summed E-state index contributed by atoms with van der Waals surface area (Å²) in [4.78, 5) is -0.118. The van der Waals surface area contributed by atoms with Crippen LogP contribution >= 0.6 is 0 Å². The first-order valence-corrected chi connectivity index (χ1v) is 10.9. The molecule has 0 amide bonds. The lowest BCUT2D eigenvalue weighted by molar-refractivity contribution is 0.355. The lowest BCUT2D eigenvalue weighted by atomic mass is 10.1. The van der Waals surface area contributed by atoms with Gasteiger partial charge in [0.15, 0.2) is 19.7 Å². The first-order valence-electron chi connectivity index (χ1n) is 7.15. The number of rotatable bonds is 4. The van der Waals surface area contributed by atoms with E-state index in [2.05, 4.69) is 10.4 Å². The van der Waals surface area contributed by atoms with E-state index in [4.69, 9.17) is 0 Å². The third-order valence-corrected chi connectivity index (χ3v) is 5.58. The number of nitrogens with one attached hydrogen (secondary N) is 1. The molecule has 1 aromatic heterocycles. The molecule has 132 valence electrons. The molecule has 0 aliphatic carbocycles. The molecule has 1 heterocycles. The highest BCUT2D eigenvalue weighted by molar-refractivity contribution is 7.91. The van der Waals surface area contributed by atoms with Gasteiger partial charge in [0.2, 0.25) is 0 Å². The number of aromatic nitrogens is 2. The average Bonchev–Trinajstić information content (AvgIpc) is 2.85. The second kappa shape index (κ2) is 5.89. The summed E-state index contributed by atoms with van der Waals surface area (Å²) in [5.74, 6) is 0. The highest BCUT2D eigenvalue weighted by Crippen LogP contribution is 2.28. The minimum absolute atomic E-state index is 0.0427. The van der Waals surface area contributed by atoms with Crippen LogP contribution in [-0.2, 0) is 25.2 Å². The van der Waals surface area contributed by atoms with Crippen LogP contribution in [0.5, 0.6) is 0 Å². The molecular formula is C15H21N3O4S2. The maximum atomic E-state index is 12.0. The summed E-state index contributed by atoms with van der Waals surface area (Å²) < 4.78 is 49.1. The number of hydrogen-bond acceptors (Lipinski definition) is 6. The van der Waals surface area contributed by atoms with Gasteiger partial charge in [0, 0.05) is 18.7 Å². The molecule has 0 bridgehead atoms. The molecule has 0 spiro atoms. The fourth-order valence-electron chi connectivity index (χ4n) is 2.05. The Morgan fingerprint density at radius 2 is 1.67 bits per heavy atom. The minimum Gasteiger partial charge on any atom is -0.352 e. The van der Waals surface area contributed by atoms with Gasteiger partial charge in [-0.15, -0.1) is 0 Å². The Balaban J connectivity index is 2.49. The van der Waals surface area contributed by atoms with E-state index in [0.717, 1.165) is 12.5 Å². The van der Waals surface area contributed by atoms with E-state index in [9.17, 15) is 16.8 Å². The topological polar surface area (TPSA) is 98.1 Å². The summed E-state index contributed by atoms with van der Waals surface area (Å²) in [5, 5.41) is 7.23. The molecule has 1 N–H and O–H groups in total. The molecule has 0 radical (unpaired) electrons. The molecule has 0 aliphatic heterocycles. The highest BCUT2D eigenvalue weighted by Gasteiger charge is 2.19. The van der Waals surface area contributed by atoms with Gasteiger partial charge in [-0.1, -0.05) is 0 Å². The normalized spacial score (nSPS) is 13.0. The van der Waals surface area contributed by atoms with Gasteiger partial charge in [-0.2, -0.15) is 5.10 Å². The zero-order valence-electron chi connectivity index (χ0n) is 14.2. The standard InChI is InChI=1S/C15H21N3O4S2/c1-15(2,3)18-10-11(9-16-18)17-13-7-6-12(23(4,19)20)8-14(13)24(5,21)22/h6-10,17H,1-5H3. The van der Waals surface area contributed by atoms with Crippen LogP contribution in [0.1, 0.15) is 20.8 Å². The molecule has 2 rings (SSSR count). The molecule has 0 atom stereocenters. The number of nitrogens with zero attached hydrogens (tertiary/aromatic N) is 2. The molecular weight excluding hydrogens is 350 g/mol. The van der Waals surface area contributed by atoms with Crippen LogP contribution in [0.2, 0.25) is 0 Å². The minimum atomic E-state index is -3.61. The van der Waals surface area contributed by atoms with Crippen molar-refractivity contribution < 1.29 is 16.8 Å². The molecule has 0 fully saturated rings. The fourth-order valence-corrected chi connectivity index (χ4v) is 3.63. The third kappa shape index (κ3) is 4.15. The number of hydrogen-bond donors (Lipinski definition) is 1. The van der Waals surface area contributed by atoms with E-state index < -0.39 is 19.7 Å². The van der Waals surface area contributed by atoms with Crippen molar-refractivity contribution in [2.75, 3.05) is 17.8 Å². The Labute approximate surface area is 142 Å². The van der Waals surface area contributed by atoms with Gasteiger partial charge in [0.25, 0.3) is 0 Å². The Morgan fingerprint density at radius 3 is 2.12 bits per heavy atom. The highest BCUT2D eigenvalue weighted by atomic mass is 32.2. The summed E-state index contributed by atoms with van der Waals surface area (Å²) in [6, 6.07) is 3.99. The van der Waals surface area contributed by atoms with Gasteiger partial charge in [-0.3, -0.25) is 4.68 Å². The Hall–Kier alpha value is -1.87. The van der Waals surface area contributed by atoms with Crippen molar-refractivity contribution in [3.05, 3.63) is 30.6 Å². The van der Waals surface area contributed by atoms with Gasteiger partial charge >= 0.3 is 0 Å². The zero-order valence-corrected chi connectivity index (χ0v) is 15.9. The van der Waals surface area contributed by atoms with Crippen molar-refractivity contribution in [2.45, 2.75) is 36.1 Å². The third-order valence-electron chi connectivity index (χ3n) is 3.33. The second-order valence-corrected chi connectivity index (χ2v) is 10.7. The van der Waals surface area contributed by atoms with E-state index in [1.54, 1.807) is 17.1 Å². The van der Waals surface area contributed by atoms with E-state index in [0.29, 0.717) is 11.4 Å². The van der Waals surface area contributed by atoms with Crippen molar-refractivity contribution in [3.8, 4) is 0 Å². The zero-order chi connectivity index (χ0) is 18.3. The van der Waals surface area contributed by atoms with Gasteiger partial charge in [-0.05, 0) is 39.0 Å². The average molecular weight is 371 g/mol. The van der Waals surface area contributed by atoms with E-state index >= 15 is 0 Å². The molecule has 7 nitrogen and oxygen atoms in total. The molecule has 24 heavy (non-hydrogen) atoms. The van der Waals surface area contributed by atoms with Crippen LogP contribution in [-0.4, -0.2) is 39.1 Å². The summed E-state index contributed by atoms with van der Waals surface area (Å²) >= 11 is 0. The lowest BCUT2D eigenvalue weighted by Gasteiger charge is -2.18. The summed E-state index contributed by atoms with van der Waals surface area (Å²) in [7, 11) is -7.11. The number of benzene rings is 1. The van der Waals surface area contributed by atoms with Gasteiger partial charge in [0.05, 0.1) is 32.9 Å². The van der Waals surface area contributed by atoms with E-state index in [1.807, 2.05) is 20.8 Å². The SMILES string of the molecule is CC(C)(C)n1cc(Nc2ccc(S(C)(=O)=O)cc2S(C)(=O)=O)cn1. The quantitative estimate of drug-likeness (QED) is 0.885. The molecule has 0 saturated heterocycles. The lowest BCUT2D eigenvalue weighted by Crippen LogP contribution is -2.21. The number of anilines is 2. The summed E-state index contributed by atoms with van der Waals surface area (Å²) in [5.41, 5.74) is 0.708. The fraction of sp³-hybridized carbons (Fsp3) is 0.400. The smallest absolute Gasteiger partial charge is 0.177 e. The van der Waals surface area contributed by atoms with Crippen LogP contribution in [0.25, 0.3) is 0 Å². The van der Waals surface area contributed by atoms with Crippen LogP contribution in [0.4, 0.5) is 11.4 Å². The monoisotopic (exact) mass is 371 g/mol. The van der Waals surface area contributed by atoms with E-state index in [1.165, 1.54) is 18.2 Å². The summed E-state index contributed by atoms with van der Waals surface area (Å²) in [6.07, 6.45) is 5.42. The van der Waals surface area contributed by atoms with Gasteiger partial charge < -0.3 is 5.32 Å². The molecule has 0 saturated carbocycles. The molecule has 1 aromatic carbocycles. The van der Waals surface area contributed by atoms with Gasteiger partial charge in [0.1, 0.15) is 0 Å². The maximum Gasteiger partial charge on any atom is 0.177 e. The van der Waals surface area contributed by atoms with Crippen molar-refractivity contribution in [1.82, 2.24) is 9.78 Å². The Bertz CT molecular complexity index is 968. The maximum absolute atomic E-state index is 12.0. The van der Waals surface area contributed by atoms with Crippen LogP contribution in [0.3, 0.4) is 0 Å². The Morgan fingerprint density at radius 1 is 1.04 bits per heavy atom. The molecule has 2 aromatic rings. The predicted molar refractivity (Wildman–Crippen MR) is 93.2 cm³/mol. The molecule has 9 heteroatoms. The first-order chi connectivity index (χ1) is 10.8. The largest absolute Gasteiger partial charge is 0.352 e. The molecule has 0 aliphatic rings. The van der Waals surface area contributed by atoms with Crippen LogP contribution in [0, 0.1) is 0 Å². The van der Waals surface area contributed by atoms with Crippen LogP contribution in [0.15, 0.2) is 40.4 Å². The molecule has 0 unspecified atom stereocenters. The van der Waals surface area contributed by atoms with Crippen molar-refractivity contribution in [1.29, 1.82) is 0 Å². The van der Waals surface area contributed by atoms with Crippen molar-refractivity contribution in [2.24, 2.45) is 0 Å². The first kappa shape index (κ1) is 18.5. The Kier molecular flexibility index (Phi) is 4.53. The second-order valence-electron chi connectivity index (χ2n) is 6.67. The van der Waals surface area contributed by atoms with Crippen LogP contribution < -0.4 is 5.32 Å². The number of sulfone groups is 2. The van der Waals surface area contributed by atoms with Crippen molar-refractivity contribution in [3.63, 3.8) is 0 Å². The van der Waals surface area contributed by atoms with E-state index in [-0.39, 0.29) is 15.3 Å². The van der Waals surface area contributed by atoms with Crippen molar-refractivity contribution >= 4 is 31.0 Å². The van der Waals surface area contributed by atoms with Gasteiger partial charge in [-0.25, -0.2) is 16.8 Å². The predicted octanol–water partition coefficient (Wildman–Crippen LogP) is 2.19. The summed E-state index contributed by atoms with van der Waals surface area (Å²) in [6.45, 7) is 5.98.